The van der Waals surface area contributed by atoms with Crippen LogP contribution in [0.15, 0.2) is 60.7 Å². The molecule has 0 unspecified atom stereocenters. The fourth-order valence-corrected chi connectivity index (χ4v) is 3.55. The van der Waals surface area contributed by atoms with Gasteiger partial charge in [0.1, 0.15) is 0 Å². The van der Waals surface area contributed by atoms with Gasteiger partial charge in [0.2, 0.25) is 0 Å². The Morgan fingerprint density at radius 3 is 2.48 bits per heavy atom. The molecule has 4 aromatic rings. The summed E-state index contributed by atoms with van der Waals surface area (Å²) < 4.78 is 2.39. The number of aliphatic hydroxyl groups excluding tert-OH is 1. The Hall–Kier alpha value is -2.65. The van der Waals surface area contributed by atoms with Gasteiger partial charge in [-0.1, -0.05) is 61.9 Å². The lowest BCUT2D eigenvalue weighted by Gasteiger charge is -2.11. The zero-order valence-electron chi connectivity index (χ0n) is 14.4. The zero-order valence-corrected chi connectivity index (χ0v) is 14.4. The molecule has 0 amide bonds. The number of hydrogen-bond donors (Lipinski definition) is 1. The Morgan fingerprint density at radius 2 is 1.72 bits per heavy atom. The van der Waals surface area contributed by atoms with Crippen molar-refractivity contribution < 1.29 is 5.11 Å². The third kappa shape index (κ3) is 2.71. The number of unbranched alkanes of at least 4 members (excludes halogenated alkanes) is 1. The first-order chi connectivity index (χ1) is 12.3. The third-order valence-electron chi connectivity index (χ3n) is 4.75. The minimum absolute atomic E-state index is 0.0513. The molecule has 2 aromatic heterocycles. The van der Waals surface area contributed by atoms with Gasteiger partial charge in [-0.3, -0.25) is 0 Å². The van der Waals surface area contributed by atoms with Crippen LogP contribution >= 0.6 is 0 Å². The van der Waals surface area contributed by atoms with Crippen molar-refractivity contribution in [3.63, 3.8) is 0 Å². The van der Waals surface area contributed by atoms with Crippen LogP contribution in [-0.4, -0.2) is 14.7 Å². The first kappa shape index (κ1) is 15.9. The molecule has 0 aliphatic heterocycles. The average molecular weight is 330 g/mol. The molecule has 0 saturated heterocycles. The summed E-state index contributed by atoms with van der Waals surface area (Å²) in [5, 5.41) is 12.1. The van der Waals surface area contributed by atoms with Crippen molar-refractivity contribution in [1.82, 2.24) is 9.55 Å². The Balaban J connectivity index is 2.12. The van der Waals surface area contributed by atoms with E-state index in [4.69, 9.17) is 4.98 Å². The van der Waals surface area contributed by atoms with Crippen molar-refractivity contribution in [2.24, 2.45) is 0 Å². The van der Waals surface area contributed by atoms with Crippen molar-refractivity contribution in [3.8, 4) is 11.3 Å². The Bertz CT molecular complexity index is 1020. The molecule has 3 nitrogen and oxygen atoms in total. The van der Waals surface area contributed by atoms with E-state index in [-0.39, 0.29) is 6.61 Å². The van der Waals surface area contributed by atoms with Crippen LogP contribution in [0.5, 0.6) is 0 Å². The van der Waals surface area contributed by atoms with Crippen LogP contribution in [0.25, 0.3) is 33.1 Å². The SMILES string of the molecule is CCCCn1c2ccccc2c2cc(CO)nc(-c3ccccc3)c21. The summed E-state index contributed by atoms with van der Waals surface area (Å²) >= 11 is 0. The summed E-state index contributed by atoms with van der Waals surface area (Å²) in [6, 6.07) is 20.8. The number of benzene rings is 2. The van der Waals surface area contributed by atoms with Crippen LogP contribution < -0.4 is 0 Å². The third-order valence-corrected chi connectivity index (χ3v) is 4.75. The lowest BCUT2D eigenvalue weighted by Crippen LogP contribution is -2.01. The standard InChI is InChI=1S/C22H22N2O/c1-2-3-13-24-20-12-8-7-11-18(20)19-14-17(15-25)23-21(22(19)24)16-9-5-4-6-10-16/h4-12,14,25H,2-3,13,15H2,1H3. The number of aromatic nitrogens is 2. The number of hydrogen-bond acceptors (Lipinski definition) is 2. The van der Waals surface area contributed by atoms with Crippen molar-refractivity contribution in [1.29, 1.82) is 0 Å². The largest absolute Gasteiger partial charge is 0.390 e. The molecular weight excluding hydrogens is 308 g/mol. The quantitative estimate of drug-likeness (QED) is 0.549. The van der Waals surface area contributed by atoms with Crippen LogP contribution in [0.2, 0.25) is 0 Å². The molecule has 0 aliphatic rings. The van der Waals surface area contributed by atoms with E-state index in [1.807, 2.05) is 24.3 Å². The molecule has 0 bridgehead atoms. The van der Waals surface area contributed by atoms with E-state index >= 15 is 0 Å². The molecule has 126 valence electrons. The molecule has 3 heteroatoms. The van der Waals surface area contributed by atoms with Gasteiger partial charge in [-0.2, -0.15) is 0 Å². The summed E-state index contributed by atoms with van der Waals surface area (Å²) in [5.41, 5.74) is 5.15. The Kier molecular flexibility index (Phi) is 4.24. The maximum Gasteiger partial charge on any atom is 0.0949 e. The molecule has 4 rings (SSSR count). The van der Waals surface area contributed by atoms with E-state index in [1.54, 1.807) is 0 Å². The normalized spacial score (nSPS) is 11.4. The van der Waals surface area contributed by atoms with Gasteiger partial charge in [-0.25, -0.2) is 4.98 Å². The number of pyridine rings is 1. The van der Waals surface area contributed by atoms with Crippen molar-refractivity contribution >= 4 is 21.8 Å². The zero-order chi connectivity index (χ0) is 17.2. The average Bonchev–Trinajstić information content (AvgIpc) is 3.00. The highest BCUT2D eigenvalue weighted by Gasteiger charge is 2.17. The fourth-order valence-electron chi connectivity index (χ4n) is 3.55. The van der Waals surface area contributed by atoms with Gasteiger partial charge in [0.15, 0.2) is 0 Å². The van der Waals surface area contributed by atoms with Crippen LogP contribution in [-0.2, 0) is 13.2 Å². The number of fused-ring (bicyclic) bond motifs is 3. The molecule has 0 fully saturated rings. The lowest BCUT2D eigenvalue weighted by molar-refractivity contribution is 0.277. The molecule has 0 saturated carbocycles. The van der Waals surface area contributed by atoms with Gasteiger partial charge < -0.3 is 9.67 Å². The molecule has 0 spiro atoms. The highest BCUT2D eigenvalue weighted by Crippen LogP contribution is 2.35. The lowest BCUT2D eigenvalue weighted by atomic mass is 10.1. The highest BCUT2D eigenvalue weighted by molar-refractivity contribution is 6.12. The maximum atomic E-state index is 9.72. The predicted octanol–water partition coefficient (Wildman–Crippen LogP) is 5.15. The molecule has 25 heavy (non-hydrogen) atoms. The second-order valence-electron chi connectivity index (χ2n) is 6.40. The summed E-state index contributed by atoms with van der Waals surface area (Å²) in [4.78, 5) is 4.78. The van der Waals surface area contributed by atoms with E-state index in [0.717, 1.165) is 36.2 Å². The molecule has 0 radical (unpaired) electrons. The minimum atomic E-state index is -0.0513. The second-order valence-corrected chi connectivity index (χ2v) is 6.40. The molecular formula is C22H22N2O. The first-order valence-corrected chi connectivity index (χ1v) is 8.90. The monoisotopic (exact) mass is 330 g/mol. The predicted molar refractivity (Wildman–Crippen MR) is 104 cm³/mol. The second kappa shape index (κ2) is 6.69. The molecule has 1 N–H and O–H groups in total. The number of para-hydroxylation sites is 1. The molecule has 0 atom stereocenters. The van der Waals surface area contributed by atoms with Crippen LogP contribution in [0.3, 0.4) is 0 Å². The van der Waals surface area contributed by atoms with Crippen molar-refractivity contribution in [2.45, 2.75) is 32.9 Å². The summed E-state index contributed by atoms with van der Waals surface area (Å²) in [5.74, 6) is 0. The fraction of sp³-hybridized carbons (Fsp3) is 0.227. The summed E-state index contributed by atoms with van der Waals surface area (Å²) in [6.45, 7) is 3.14. The molecule has 2 aromatic carbocycles. The van der Waals surface area contributed by atoms with Crippen LogP contribution in [0.4, 0.5) is 0 Å². The van der Waals surface area contributed by atoms with Gasteiger partial charge >= 0.3 is 0 Å². The first-order valence-electron chi connectivity index (χ1n) is 8.90. The summed E-state index contributed by atoms with van der Waals surface area (Å²) in [7, 11) is 0. The molecule has 0 aliphatic carbocycles. The van der Waals surface area contributed by atoms with E-state index in [1.165, 1.54) is 16.3 Å². The van der Waals surface area contributed by atoms with Gasteiger partial charge in [-0.05, 0) is 18.6 Å². The Morgan fingerprint density at radius 1 is 0.960 bits per heavy atom. The van der Waals surface area contributed by atoms with Gasteiger partial charge in [0, 0.05) is 28.4 Å². The molecule has 2 heterocycles. The number of aryl methyl sites for hydroxylation is 1. The van der Waals surface area contributed by atoms with E-state index in [0.29, 0.717) is 5.69 Å². The summed E-state index contributed by atoms with van der Waals surface area (Å²) in [6.07, 6.45) is 2.28. The van der Waals surface area contributed by atoms with E-state index in [9.17, 15) is 5.11 Å². The van der Waals surface area contributed by atoms with Crippen molar-refractivity contribution in [2.75, 3.05) is 0 Å². The van der Waals surface area contributed by atoms with Crippen molar-refractivity contribution in [3.05, 3.63) is 66.4 Å². The number of nitrogens with zero attached hydrogens (tertiary/aromatic N) is 2. The van der Waals surface area contributed by atoms with E-state index in [2.05, 4.69) is 47.9 Å². The van der Waals surface area contributed by atoms with Gasteiger partial charge in [-0.15, -0.1) is 0 Å². The number of aliphatic hydroxyl groups is 1. The smallest absolute Gasteiger partial charge is 0.0949 e. The number of rotatable bonds is 5. The van der Waals surface area contributed by atoms with Crippen LogP contribution in [0.1, 0.15) is 25.5 Å². The minimum Gasteiger partial charge on any atom is -0.390 e. The van der Waals surface area contributed by atoms with Crippen LogP contribution in [0, 0.1) is 0 Å². The van der Waals surface area contributed by atoms with E-state index < -0.39 is 0 Å². The highest BCUT2D eigenvalue weighted by atomic mass is 16.3. The van der Waals surface area contributed by atoms with Gasteiger partial charge in [0.05, 0.1) is 23.5 Å². The van der Waals surface area contributed by atoms with Gasteiger partial charge in [0.25, 0.3) is 0 Å². The topological polar surface area (TPSA) is 38.0 Å². The Labute approximate surface area is 147 Å². The maximum absolute atomic E-state index is 9.72.